The summed E-state index contributed by atoms with van der Waals surface area (Å²) in [4.78, 5) is 36.7. The molecule has 1 aliphatic carbocycles. The maximum atomic E-state index is 12.1. The molecule has 6 heteroatoms. The first kappa shape index (κ1) is 14.8. The van der Waals surface area contributed by atoms with E-state index in [2.05, 4.69) is 5.32 Å². The first-order valence-corrected chi connectivity index (χ1v) is 7.19. The van der Waals surface area contributed by atoms with Crippen LogP contribution in [0.1, 0.15) is 33.1 Å². The lowest BCUT2D eigenvalue weighted by atomic mass is 10.1. The maximum Gasteiger partial charge on any atom is 0.326 e. The van der Waals surface area contributed by atoms with Crippen LogP contribution in [0.2, 0.25) is 0 Å². The molecule has 2 aliphatic rings. The van der Waals surface area contributed by atoms with E-state index in [9.17, 15) is 14.4 Å². The van der Waals surface area contributed by atoms with Gasteiger partial charge < -0.3 is 15.3 Å². The van der Waals surface area contributed by atoms with Crippen molar-refractivity contribution in [1.29, 1.82) is 0 Å². The summed E-state index contributed by atoms with van der Waals surface area (Å²) < 4.78 is 0. The van der Waals surface area contributed by atoms with Crippen molar-refractivity contribution in [3.63, 3.8) is 0 Å². The average Bonchev–Trinajstić information content (AvgIpc) is 3.11. The summed E-state index contributed by atoms with van der Waals surface area (Å²) in [5.74, 6) is -1.30. The Hall–Kier alpha value is -1.59. The van der Waals surface area contributed by atoms with Crippen LogP contribution >= 0.6 is 0 Å². The number of nitrogens with one attached hydrogen (secondary N) is 1. The molecule has 2 N–H and O–H groups in total. The molecule has 2 rings (SSSR count). The van der Waals surface area contributed by atoms with Crippen molar-refractivity contribution in [2.24, 2.45) is 17.8 Å². The fourth-order valence-corrected chi connectivity index (χ4v) is 2.65. The number of hydrogen-bond acceptors (Lipinski definition) is 3. The van der Waals surface area contributed by atoms with Gasteiger partial charge in [-0.3, -0.25) is 9.59 Å². The number of likely N-dealkylation sites (tertiary alicyclic amines) is 1. The molecule has 0 aromatic heterocycles. The maximum absolute atomic E-state index is 12.1. The van der Waals surface area contributed by atoms with E-state index < -0.39 is 17.9 Å². The molecule has 0 spiro atoms. The second kappa shape index (κ2) is 5.81. The monoisotopic (exact) mass is 282 g/mol. The van der Waals surface area contributed by atoms with Crippen molar-refractivity contribution in [2.75, 3.05) is 13.1 Å². The van der Waals surface area contributed by atoms with Gasteiger partial charge in [-0.25, -0.2) is 4.79 Å². The van der Waals surface area contributed by atoms with Crippen molar-refractivity contribution < 1.29 is 19.5 Å². The lowest BCUT2D eigenvalue weighted by Crippen LogP contribution is -2.45. The zero-order valence-corrected chi connectivity index (χ0v) is 12.0. The fourth-order valence-electron chi connectivity index (χ4n) is 2.65. The summed E-state index contributed by atoms with van der Waals surface area (Å²) in [5.41, 5.74) is 0. The zero-order valence-electron chi connectivity index (χ0n) is 12.0. The van der Waals surface area contributed by atoms with Crippen molar-refractivity contribution in [3.05, 3.63) is 0 Å². The highest BCUT2D eigenvalue weighted by Crippen LogP contribution is 2.33. The minimum absolute atomic E-state index is 0.0165. The number of carbonyl (C=O) groups is 3. The van der Waals surface area contributed by atoms with Crippen LogP contribution < -0.4 is 5.32 Å². The van der Waals surface area contributed by atoms with Crippen LogP contribution in [0, 0.1) is 17.8 Å². The smallest absolute Gasteiger partial charge is 0.326 e. The minimum Gasteiger partial charge on any atom is -0.480 e. The van der Waals surface area contributed by atoms with Gasteiger partial charge in [0.1, 0.15) is 6.04 Å². The number of amides is 2. The highest BCUT2D eigenvalue weighted by Gasteiger charge is 2.40. The Labute approximate surface area is 118 Å². The third-order valence-electron chi connectivity index (χ3n) is 3.83. The Bertz CT molecular complexity index is 417. The lowest BCUT2D eigenvalue weighted by molar-refractivity contribution is -0.143. The normalized spacial score (nSPS) is 24.1. The van der Waals surface area contributed by atoms with Crippen molar-refractivity contribution in [3.8, 4) is 0 Å². The third kappa shape index (κ3) is 3.49. The summed E-state index contributed by atoms with van der Waals surface area (Å²) in [7, 11) is 0. The minimum atomic E-state index is -0.982. The second-order valence-electron chi connectivity index (χ2n) is 6.26. The van der Waals surface area contributed by atoms with Gasteiger partial charge in [-0.2, -0.15) is 0 Å². The molecule has 2 unspecified atom stereocenters. The molecule has 1 saturated heterocycles. The highest BCUT2D eigenvalue weighted by atomic mass is 16.4. The predicted molar refractivity (Wildman–Crippen MR) is 71.8 cm³/mol. The average molecular weight is 282 g/mol. The summed E-state index contributed by atoms with van der Waals surface area (Å²) in [6, 6.07) is -0.795. The van der Waals surface area contributed by atoms with E-state index in [1.165, 1.54) is 0 Å². The topological polar surface area (TPSA) is 86.7 Å². The molecule has 0 aromatic carbocycles. The van der Waals surface area contributed by atoms with Crippen LogP contribution in [0.3, 0.4) is 0 Å². The number of carboxylic acid groups (broad SMARTS) is 1. The van der Waals surface area contributed by atoms with E-state index in [1.54, 1.807) is 4.90 Å². The van der Waals surface area contributed by atoms with Gasteiger partial charge in [0.2, 0.25) is 11.8 Å². The van der Waals surface area contributed by atoms with Gasteiger partial charge in [0.05, 0.1) is 5.92 Å². The number of rotatable bonds is 6. The molecule has 2 amide bonds. The summed E-state index contributed by atoms with van der Waals surface area (Å²) >= 11 is 0. The molecular formula is C14H22N2O4. The molecule has 1 saturated carbocycles. The molecule has 0 aromatic rings. The standard InChI is InChI=1S/C14H22N2O4/c1-8(2)6-16-7-10(5-11(16)17)13(18)15-12(14(19)20)9-3-4-9/h8-10,12H,3-7H2,1-2H3,(H,15,18)(H,19,20). The summed E-state index contributed by atoms with van der Waals surface area (Å²) in [6.45, 7) is 5.09. The van der Waals surface area contributed by atoms with Crippen LogP contribution in [-0.4, -0.2) is 46.9 Å². The number of nitrogens with zero attached hydrogens (tertiary/aromatic N) is 1. The van der Waals surface area contributed by atoms with Gasteiger partial charge in [0.25, 0.3) is 0 Å². The van der Waals surface area contributed by atoms with Crippen LogP contribution in [-0.2, 0) is 14.4 Å². The van der Waals surface area contributed by atoms with Crippen molar-refractivity contribution in [1.82, 2.24) is 10.2 Å². The Morgan fingerprint density at radius 2 is 2.05 bits per heavy atom. The Balaban J connectivity index is 1.90. The molecule has 112 valence electrons. The zero-order chi connectivity index (χ0) is 14.9. The SMILES string of the molecule is CC(C)CN1CC(C(=O)NC(C(=O)O)C2CC2)CC1=O. The quantitative estimate of drug-likeness (QED) is 0.741. The van der Waals surface area contributed by atoms with Crippen molar-refractivity contribution >= 4 is 17.8 Å². The molecule has 0 radical (unpaired) electrons. The number of aliphatic carboxylic acids is 1. The number of carbonyl (C=O) groups excluding carboxylic acids is 2. The predicted octanol–water partition coefficient (Wildman–Crippen LogP) is 0.470. The van der Waals surface area contributed by atoms with Gasteiger partial charge in [0, 0.05) is 19.5 Å². The molecule has 6 nitrogen and oxygen atoms in total. The molecule has 1 aliphatic heterocycles. The molecule has 2 fully saturated rings. The van der Waals surface area contributed by atoms with Crippen LogP contribution in [0.5, 0.6) is 0 Å². The van der Waals surface area contributed by atoms with Gasteiger partial charge in [0.15, 0.2) is 0 Å². The van der Waals surface area contributed by atoms with E-state index in [0.29, 0.717) is 19.0 Å². The lowest BCUT2D eigenvalue weighted by Gasteiger charge is -2.19. The van der Waals surface area contributed by atoms with Gasteiger partial charge in [-0.05, 0) is 24.7 Å². The van der Waals surface area contributed by atoms with E-state index in [1.807, 2.05) is 13.8 Å². The van der Waals surface area contributed by atoms with Gasteiger partial charge in [-0.1, -0.05) is 13.8 Å². The Morgan fingerprint density at radius 1 is 1.40 bits per heavy atom. The van der Waals surface area contributed by atoms with E-state index >= 15 is 0 Å². The van der Waals surface area contributed by atoms with Gasteiger partial charge >= 0.3 is 5.97 Å². The van der Waals surface area contributed by atoms with Crippen LogP contribution in [0.15, 0.2) is 0 Å². The fraction of sp³-hybridized carbons (Fsp3) is 0.786. The largest absolute Gasteiger partial charge is 0.480 e. The molecule has 1 heterocycles. The Kier molecular flexibility index (Phi) is 4.30. The summed E-state index contributed by atoms with van der Waals surface area (Å²) in [6.07, 6.45) is 1.89. The van der Waals surface area contributed by atoms with Crippen molar-refractivity contribution in [2.45, 2.75) is 39.2 Å². The molecule has 2 atom stereocenters. The van der Waals surface area contributed by atoms with Crippen LogP contribution in [0.4, 0.5) is 0 Å². The summed E-state index contributed by atoms with van der Waals surface area (Å²) in [5, 5.41) is 11.7. The van der Waals surface area contributed by atoms with Crippen LogP contribution in [0.25, 0.3) is 0 Å². The highest BCUT2D eigenvalue weighted by molar-refractivity contribution is 5.91. The third-order valence-corrected chi connectivity index (χ3v) is 3.83. The van der Waals surface area contributed by atoms with E-state index in [0.717, 1.165) is 12.8 Å². The first-order chi connectivity index (χ1) is 9.38. The molecule has 20 heavy (non-hydrogen) atoms. The number of carboxylic acids is 1. The molecule has 0 bridgehead atoms. The second-order valence-corrected chi connectivity index (χ2v) is 6.26. The van der Waals surface area contributed by atoms with E-state index in [4.69, 9.17) is 5.11 Å². The van der Waals surface area contributed by atoms with Gasteiger partial charge in [-0.15, -0.1) is 0 Å². The Morgan fingerprint density at radius 3 is 2.55 bits per heavy atom. The first-order valence-electron chi connectivity index (χ1n) is 7.19. The number of hydrogen-bond donors (Lipinski definition) is 2. The molecular weight excluding hydrogens is 260 g/mol. The van der Waals surface area contributed by atoms with E-state index in [-0.39, 0.29) is 24.2 Å².